The number of nitrogens with zero attached hydrogens (tertiary/aromatic N) is 5. The largest absolute Gasteiger partial charge is 0.418 e. The monoisotopic (exact) mass is 492 g/mol. The van der Waals surface area contributed by atoms with Gasteiger partial charge in [0.25, 0.3) is 0 Å². The summed E-state index contributed by atoms with van der Waals surface area (Å²) in [6.45, 7) is 5.09. The van der Waals surface area contributed by atoms with Gasteiger partial charge in [0.15, 0.2) is 0 Å². The predicted octanol–water partition coefficient (Wildman–Crippen LogP) is 3.88. The lowest BCUT2D eigenvalue weighted by atomic mass is 10.1. The van der Waals surface area contributed by atoms with E-state index in [1.807, 2.05) is 32.0 Å². The number of alkyl halides is 3. The van der Waals surface area contributed by atoms with Crippen LogP contribution in [-0.2, 0) is 15.8 Å². The zero-order valence-electron chi connectivity index (χ0n) is 18.9. The van der Waals surface area contributed by atoms with Gasteiger partial charge in [-0.05, 0) is 60.5 Å². The third kappa shape index (κ3) is 5.93. The molecule has 2 amide bonds. The lowest BCUT2D eigenvalue weighted by Crippen LogP contribution is -2.39. The molecule has 8 nitrogen and oxygen atoms in total. The predicted molar refractivity (Wildman–Crippen MR) is 122 cm³/mol. The van der Waals surface area contributed by atoms with Crippen LogP contribution < -0.4 is 5.32 Å². The van der Waals surface area contributed by atoms with Crippen molar-refractivity contribution >= 4 is 29.3 Å². The Bertz CT molecular complexity index is 1200. The Morgan fingerprint density at radius 1 is 1.18 bits per heavy atom. The lowest BCUT2D eigenvalue weighted by molar-refractivity contribution is -0.137. The van der Waals surface area contributed by atoms with Crippen molar-refractivity contribution in [1.82, 2.24) is 25.1 Å². The fourth-order valence-electron chi connectivity index (χ4n) is 3.19. The van der Waals surface area contributed by atoms with Gasteiger partial charge in [0.05, 0.1) is 28.7 Å². The second kappa shape index (κ2) is 10.2. The van der Waals surface area contributed by atoms with Gasteiger partial charge in [0.1, 0.15) is 0 Å². The van der Waals surface area contributed by atoms with Crippen molar-refractivity contribution in [3.8, 4) is 5.69 Å². The number of rotatable bonds is 7. The van der Waals surface area contributed by atoms with E-state index in [1.165, 1.54) is 23.9 Å². The van der Waals surface area contributed by atoms with E-state index >= 15 is 0 Å². The first-order chi connectivity index (χ1) is 16.0. The van der Waals surface area contributed by atoms with Crippen molar-refractivity contribution in [3.63, 3.8) is 0 Å². The highest BCUT2D eigenvalue weighted by Crippen LogP contribution is 2.34. The molecule has 0 aliphatic heterocycles. The normalized spacial score (nSPS) is 12.3. The molecule has 0 spiro atoms. The third-order valence-corrected chi connectivity index (χ3v) is 5.95. The van der Waals surface area contributed by atoms with Crippen LogP contribution in [0.25, 0.3) is 5.69 Å². The molecule has 0 aliphatic carbocycles. The molecule has 0 saturated carbocycles. The average molecular weight is 493 g/mol. The Balaban J connectivity index is 1.66. The van der Waals surface area contributed by atoms with Crippen LogP contribution in [0.5, 0.6) is 0 Å². The van der Waals surface area contributed by atoms with E-state index in [0.717, 1.165) is 45.6 Å². The molecule has 34 heavy (non-hydrogen) atoms. The first-order valence-corrected chi connectivity index (χ1v) is 11.1. The van der Waals surface area contributed by atoms with Crippen LogP contribution in [0.3, 0.4) is 0 Å². The minimum absolute atomic E-state index is 0.365. The number of hydrogen-bond donors (Lipinski definition) is 1. The summed E-state index contributed by atoms with van der Waals surface area (Å²) < 4.78 is 41.0. The summed E-state index contributed by atoms with van der Waals surface area (Å²) in [7, 11) is 1.41. The molecule has 1 aromatic heterocycles. The van der Waals surface area contributed by atoms with E-state index in [0.29, 0.717) is 5.16 Å². The van der Waals surface area contributed by atoms with Gasteiger partial charge >= 0.3 is 6.18 Å². The number of thioether (sulfide) groups is 1. The van der Waals surface area contributed by atoms with Gasteiger partial charge in [-0.25, -0.2) is 0 Å². The van der Waals surface area contributed by atoms with Crippen molar-refractivity contribution in [1.29, 1.82) is 0 Å². The van der Waals surface area contributed by atoms with Crippen LogP contribution in [0.2, 0.25) is 0 Å². The minimum atomic E-state index is -4.61. The molecule has 12 heteroatoms. The molecule has 0 aliphatic rings. The number of likely N-dealkylation sites (N-methyl/N-ethyl adjacent to an activating group) is 1. The topological polar surface area (TPSA) is 93.0 Å². The van der Waals surface area contributed by atoms with Crippen LogP contribution in [-0.4, -0.2) is 55.8 Å². The number of benzene rings is 2. The Hall–Kier alpha value is -3.41. The summed E-state index contributed by atoms with van der Waals surface area (Å²) >= 11 is 1.11. The van der Waals surface area contributed by atoms with Gasteiger partial charge in [0.2, 0.25) is 17.0 Å². The van der Waals surface area contributed by atoms with E-state index in [-0.39, 0.29) is 5.69 Å². The Morgan fingerprint density at radius 2 is 1.88 bits per heavy atom. The number of hydrogen-bond acceptors (Lipinski definition) is 6. The van der Waals surface area contributed by atoms with Gasteiger partial charge in [-0.3, -0.25) is 9.59 Å². The molecule has 3 aromatic rings. The van der Waals surface area contributed by atoms with Crippen LogP contribution in [0.15, 0.2) is 47.6 Å². The van der Waals surface area contributed by atoms with Gasteiger partial charge in [0, 0.05) is 7.05 Å². The van der Waals surface area contributed by atoms with Crippen LogP contribution in [0.4, 0.5) is 18.9 Å². The third-order valence-electron chi connectivity index (χ3n) is 4.93. The quantitative estimate of drug-likeness (QED) is 0.504. The van der Waals surface area contributed by atoms with Crippen LogP contribution >= 0.6 is 11.8 Å². The van der Waals surface area contributed by atoms with E-state index in [9.17, 15) is 22.8 Å². The number of nitrogens with one attached hydrogen (secondary N) is 1. The molecule has 0 bridgehead atoms. The molecule has 0 saturated heterocycles. The number of amides is 2. The molecule has 1 atom stereocenters. The van der Waals surface area contributed by atoms with E-state index in [2.05, 4.69) is 20.8 Å². The highest BCUT2D eigenvalue weighted by molar-refractivity contribution is 8.00. The van der Waals surface area contributed by atoms with Gasteiger partial charge in [-0.2, -0.15) is 17.9 Å². The van der Waals surface area contributed by atoms with Gasteiger partial charge < -0.3 is 10.2 Å². The fraction of sp³-hybridized carbons (Fsp3) is 0.318. The highest BCUT2D eigenvalue weighted by Gasteiger charge is 2.33. The maximum absolute atomic E-state index is 13.1. The van der Waals surface area contributed by atoms with E-state index in [4.69, 9.17) is 0 Å². The maximum Gasteiger partial charge on any atom is 0.418 e. The smallest absolute Gasteiger partial charge is 0.335 e. The summed E-state index contributed by atoms with van der Waals surface area (Å²) in [4.78, 5) is 26.3. The molecule has 2 aromatic carbocycles. The molecule has 3 rings (SSSR count). The van der Waals surface area contributed by atoms with Gasteiger partial charge in [-0.1, -0.05) is 36.0 Å². The lowest BCUT2D eigenvalue weighted by Gasteiger charge is -2.21. The van der Waals surface area contributed by atoms with Crippen molar-refractivity contribution < 1.29 is 22.8 Å². The summed E-state index contributed by atoms with van der Waals surface area (Å²) in [5.41, 5.74) is 1.43. The number of para-hydroxylation sites is 1. The SMILES string of the molecule is Cc1ccc(C)c(-n2nnnc2SC(C)C(=O)N(C)CC(=O)Nc2ccccc2C(F)(F)F)c1. The summed E-state index contributed by atoms with van der Waals surface area (Å²) in [6.07, 6.45) is -4.61. The van der Waals surface area contributed by atoms with Crippen LogP contribution in [0.1, 0.15) is 23.6 Å². The minimum Gasteiger partial charge on any atom is -0.335 e. The second-order valence-corrected chi connectivity index (χ2v) is 9.02. The zero-order valence-corrected chi connectivity index (χ0v) is 19.7. The summed E-state index contributed by atoms with van der Waals surface area (Å²) in [5, 5.41) is 13.7. The fourth-order valence-corrected chi connectivity index (χ4v) is 4.11. The van der Waals surface area contributed by atoms with E-state index < -0.39 is 35.3 Å². The van der Waals surface area contributed by atoms with Crippen molar-refractivity contribution in [2.45, 2.75) is 37.4 Å². The first kappa shape index (κ1) is 25.2. The average Bonchev–Trinajstić information content (AvgIpc) is 3.22. The maximum atomic E-state index is 13.1. The molecule has 0 radical (unpaired) electrons. The molecule has 1 N–H and O–H groups in total. The molecule has 1 heterocycles. The Morgan fingerprint density at radius 3 is 2.59 bits per heavy atom. The number of aromatic nitrogens is 4. The number of aryl methyl sites for hydroxylation is 2. The molecule has 0 fully saturated rings. The highest BCUT2D eigenvalue weighted by atomic mass is 32.2. The summed E-state index contributed by atoms with van der Waals surface area (Å²) in [5.74, 6) is -1.15. The number of carbonyl (C=O) groups excluding carboxylic acids is 2. The van der Waals surface area contributed by atoms with E-state index in [1.54, 1.807) is 6.92 Å². The van der Waals surface area contributed by atoms with Crippen molar-refractivity contribution in [2.24, 2.45) is 0 Å². The number of tetrazole rings is 1. The zero-order chi connectivity index (χ0) is 25.0. The van der Waals surface area contributed by atoms with Crippen molar-refractivity contribution in [2.75, 3.05) is 18.9 Å². The number of halogens is 3. The van der Waals surface area contributed by atoms with Crippen LogP contribution in [0, 0.1) is 13.8 Å². The Kier molecular flexibility index (Phi) is 7.60. The first-order valence-electron chi connectivity index (χ1n) is 10.2. The number of carbonyl (C=O) groups is 2. The second-order valence-electron chi connectivity index (χ2n) is 7.71. The summed E-state index contributed by atoms with van der Waals surface area (Å²) in [6, 6.07) is 10.5. The Labute approximate surface area is 198 Å². The molecular weight excluding hydrogens is 469 g/mol. The molecule has 1 unspecified atom stereocenters. The number of anilines is 1. The standard InChI is InChI=1S/C22H23F3N6O2S/c1-13-9-10-14(2)18(11-13)31-21(27-28-29-31)34-15(3)20(33)30(4)12-19(32)26-17-8-6-5-7-16(17)22(23,24)25/h5-11,15H,12H2,1-4H3,(H,26,32). The van der Waals surface area contributed by atoms with Crippen molar-refractivity contribution in [3.05, 3.63) is 59.2 Å². The molecular formula is C22H23F3N6O2S. The molecule has 180 valence electrons. The van der Waals surface area contributed by atoms with Gasteiger partial charge in [-0.15, -0.1) is 5.10 Å².